The Bertz CT molecular complexity index is 859. The molecule has 1 saturated heterocycles. The molecular formula is C21H24N4O2. The molecule has 27 heavy (non-hydrogen) atoms. The van der Waals surface area contributed by atoms with Crippen LogP contribution in [0.4, 0.5) is 5.69 Å². The van der Waals surface area contributed by atoms with Gasteiger partial charge in [0.15, 0.2) is 0 Å². The third-order valence-corrected chi connectivity index (χ3v) is 5.37. The topological polar surface area (TPSA) is 56.8 Å². The number of hydrogen-bond donors (Lipinski definition) is 0. The van der Waals surface area contributed by atoms with E-state index in [1.165, 1.54) is 0 Å². The van der Waals surface area contributed by atoms with E-state index in [1.54, 1.807) is 4.90 Å². The molecule has 6 heteroatoms. The summed E-state index contributed by atoms with van der Waals surface area (Å²) in [7, 11) is 0. The van der Waals surface area contributed by atoms with Crippen molar-refractivity contribution in [2.45, 2.75) is 19.9 Å². The molecule has 0 aliphatic carbocycles. The molecule has 0 spiro atoms. The van der Waals surface area contributed by atoms with Crippen LogP contribution in [0.5, 0.6) is 0 Å². The highest BCUT2D eigenvalue weighted by Gasteiger charge is 2.28. The van der Waals surface area contributed by atoms with Gasteiger partial charge in [-0.25, -0.2) is 0 Å². The number of fused-ring (bicyclic) bond motifs is 1. The molecule has 0 atom stereocenters. The highest BCUT2D eigenvalue weighted by atomic mass is 16.2. The third-order valence-electron chi connectivity index (χ3n) is 5.37. The lowest BCUT2D eigenvalue weighted by atomic mass is 10.1. The zero-order valence-electron chi connectivity index (χ0n) is 15.6. The third kappa shape index (κ3) is 3.65. The van der Waals surface area contributed by atoms with Crippen LogP contribution >= 0.6 is 0 Å². The first kappa shape index (κ1) is 17.5. The highest BCUT2D eigenvalue weighted by Crippen LogP contribution is 2.22. The molecular weight excluding hydrogens is 340 g/mol. The quantitative estimate of drug-likeness (QED) is 0.834. The lowest BCUT2D eigenvalue weighted by molar-refractivity contribution is -0.131. The average Bonchev–Trinajstić information content (AvgIpc) is 3.02. The maximum absolute atomic E-state index is 12.6. The van der Waals surface area contributed by atoms with Crippen molar-refractivity contribution in [3.63, 3.8) is 0 Å². The van der Waals surface area contributed by atoms with E-state index in [-0.39, 0.29) is 11.8 Å². The van der Waals surface area contributed by atoms with Crippen LogP contribution in [0.1, 0.15) is 28.0 Å². The molecule has 0 radical (unpaired) electrons. The fourth-order valence-corrected chi connectivity index (χ4v) is 3.83. The summed E-state index contributed by atoms with van der Waals surface area (Å²) in [6.45, 7) is 6.16. The first-order chi connectivity index (χ1) is 13.1. The summed E-state index contributed by atoms with van der Waals surface area (Å²) >= 11 is 0. The summed E-state index contributed by atoms with van der Waals surface area (Å²) in [5.41, 5.74) is 3.99. The van der Waals surface area contributed by atoms with Gasteiger partial charge < -0.3 is 14.7 Å². The molecule has 1 fully saturated rings. The minimum absolute atomic E-state index is 0.0382. The fourth-order valence-electron chi connectivity index (χ4n) is 3.83. The Balaban J connectivity index is 1.27. The molecule has 140 valence electrons. The molecule has 3 heterocycles. The largest absolute Gasteiger partial charge is 0.368 e. The molecule has 2 amide bonds. The van der Waals surface area contributed by atoms with Gasteiger partial charge in [0.2, 0.25) is 5.91 Å². The molecule has 1 aromatic carbocycles. The number of aromatic nitrogens is 1. The minimum Gasteiger partial charge on any atom is -0.368 e. The van der Waals surface area contributed by atoms with Crippen molar-refractivity contribution in [1.82, 2.24) is 14.8 Å². The van der Waals surface area contributed by atoms with E-state index < -0.39 is 0 Å². The van der Waals surface area contributed by atoms with Crippen LogP contribution in [-0.4, -0.2) is 59.3 Å². The summed E-state index contributed by atoms with van der Waals surface area (Å²) in [5, 5.41) is 0. The summed E-state index contributed by atoms with van der Waals surface area (Å²) in [6.07, 6.45) is 2.21. The van der Waals surface area contributed by atoms with Gasteiger partial charge in [-0.3, -0.25) is 14.6 Å². The van der Waals surface area contributed by atoms with E-state index in [0.717, 1.165) is 35.6 Å². The normalized spacial score (nSPS) is 16.6. The lowest BCUT2D eigenvalue weighted by Gasteiger charge is -2.36. The molecule has 2 aliphatic rings. The van der Waals surface area contributed by atoms with E-state index >= 15 is 0 Å². The van der Waals surface area contributed by atoms with Gasteiger partial charge in [0.05, 0.1) is 0 Å². The molecule has 6 nitrogen and oxygen atoms in total. The van der Waals surface area contributed by atoms with E-state index in [4.69, 9.17) is 0 Å². The maximum Gasteiger partial charge on any atom is 0.254 e. The molecule has 0 unspecified atom stereocenters. The predicted molar refractivity (Wildman–Crippen MR) is 104 cm³/mol. The molecule has 1 aromatic heterocycles. The number of pyridine rings is 1. The number of piperazine rings is 1. The Labute approximate surface area is 159 Å². The minimum atomic E-state index is 0.0382. The molecule has 0 saturated carbocycles. The lowest BCUT2D eigenvalue weighted by Crippen LogP contribution is -2.49. The van der Waals surface area contributed by atoms with E-state index in [2.05, 4.69) is 16.0 Å². The molecule has 4 rings (SSSR count). The van der Waals surface area contributed by atoms with Gasteiger partial charge in [0.1, 0.15) is 0 Å². The van der Waals surface area contributed by atoms with Gasteiger partial charge in [0, 0.05) is 68.8 Å². The standard InChI is InChI=1S/C21H24N4O2/c1-16-14-18(6-8-22-16)23-10-12-24(13-11-23)20(26)7-9-25-15-17-4-2-3-5-19(17)21(25)27/h2-6,8,14H,7,9-13,15H2,1H3. The second-order valence-electron chi connectivity index (χ2n) is 7.16. The molecule has 0 N–H and O–H groups in total. The Kier molecular flexibility index (Phi) is 4.79. The van der Waals surface area contributed by atoms with Gasteiger partial charge in [-0.15, -0.1) is 0 Å². The van der Waals surface area contributed by atoms with E-state index in [9.17, 15) is 9.59 Å². The number of benzene rings is 1. The second-order valence-corrected chi connectivity index (χ2v) is 7.16. The van der Waals surface area contributed by atoms with E-state index in [1.807, 2.05) is 48.4 Å². The zero-order valence-corrected chi connectivity index (χ0v) is 15.6. The maximum atomic E-state index is 12.6. The SMILES string of the molecule is Cc1cc(N2CCN(C(=O)CCN3Cc4ccccc4C3=O)CC2)ccn1. The van der Waals surface area contributed by atoms with Crippen LogP contribution in [0.3, 0.4) is 0 Å². The van der Waals surface area contributed by atoms with Crippen LogP contribution in [0.2, 0.25) is 0 Å². The first-order valence-corrected chi connectivity index (χ1v) is 9.44. The van der Waals surface area contributed by atoms with Crippen molar-refractivity contribution < 1.29 is 9.59 Å². The average molecular weight is 364 g/mol. The van der Waals surface area contributed by atoms with E-state index in [0.29, 0.717) is 32.6 Å². The predicted octanol–water partition coefficient (Wildman–Crippen LogP) is 2.08. The zero-order chi connectivity index (χ0) is 18.8. The molecule has 0 bridgehead atoms. The monoisotopic (exact) mass is 364 g/mol. The number of anilines is 1. The van der Waals surface area contributed by atoms with Crippen LogP contribution in [0, 0.1) is 6.92 Å². The van der Waals surface area contributed by atoms with Crippen molar-refractivity contribution in [1.29, 1.82) is 0 Å². The number of carbonyl (C=O) groups excluding carboxylic acids is 2. The van der Waals surface area contributed by atoms with Crippen LogP contribution < -0.4 is 4.90 Å². The number of aryl methyl sites for hydroxylation is 1. The first-order valence-electron chi connectivity index (χ1n) is 9.44. The van der Waals surface area contributed by atoms with Crippen molar-refractivity contribution in [2.24, 2.45) is 0 Å². The Hall–Kier alpha value is -2.89. The summed E-state index contributed by atoms with van der Waals surface area (Å²) in [6, 6.07) is 11.8. The smallest absolute Gasteiger partial charge is 0.254 e. The number of rotatable bonds is 4. The van der Waals surface area contributed by atoms with Crippen LogP contribution in [-0.2, 0) is 11.3 Å². The fraction of sp³-hybridized carbons (Fsp3) is 0.381. The van der Waals surface area contributed by atoms with Gasteiger partial charge in [-0.1, -0.05) is 18.2 Å². The Morgan fingerprint density at radius 2 is 1.89 bits per heavy atom. The number of nitrogens with zero attached hydrogens (tertiary/aromatic N) is 4. The van der Waals surface area contributed by atoms with Crippen LogP contribution in [0.15, 0.2) is 42.6 Å². The second kappa shape index (κ2) is 7.39. The Morgan fingerprint density at radius 1 is 1.11 bits per heavy atom. The van der Waals surface area contributed by atoms with Gasteiger partial charge in [-0.2, -0.15) is 0 Å². The Morgan fingerprint density at radius 3 is 2.63 bits per heavy atom. The summed E-state index contributed by atoms with van der Waals surface area (Å²) < 4.78 is 0. The van der Waals surface area contributed by atoms with Crippen molar-refractivity contribution in [3.8, 4) is 0 Å². The van der Waals surface area contributed by atoms with Crippen molar-refractivity contribution in [2.75, 3.05) is 37.6 Å². The number of amides is 2. The van der Waals surface area contributed by atoms with Crippen molar-refractivity contribution in [3.05, 3.63) is 59.4 Å². The summed E-state index contributed by atoms with van der Waals surface area (Å²) in [5.74, 6) is 0.167. The van der Waals surface area contributed by atoms with Gasteiger partial charge in [-0.05, 0) is 30.7 Å². The van der Waals surface area contributed by atoms with Crippen LogP contribution in [0.25, 0.3) is 0 Å². The van der Waals surface area contributed by atoms with Crippen molar-refractivity contribution >= 4 is 17.5 Å². The highest BCUT2D eigenvalue weighted by molar-refractivity contribution is 5.98. The van der Waals surface area contributed by atoms with Gasteiger partial charge in [0.25, 0.3) is 5.91 Å². The van der Waals surface area contributed by atoms with Gasteiger partial charge >= 0.3 is 0 Å². The number of carbonyl (C=O) groups is 2. The molecule has 2 aromatic rings. The molecule has 2 aliphatic heterocycles. The summed E-state index contributed by atoms with van der Waals surface area (Å²) in [4.78, 5) is 35.2. The number of hydrogen-bond acceptors (Lipinski definition) is 4.